The van der Waals surface area contributed by atoms with Gasteiger partial charge in [0.15, 0.2) is 0 Å². The van der Waals surface area contributed by atoms with E-state index in [2.05, 4.69) is 149 Å². The number of aromatic nitrogens is 4. The molecule has 0 saturated heterocycles. The summed E-state index contributed by atoms with van der Waals surface area (Å²) in [6.07, 6.45) is 0. The van der Waals surface area contributed by atoms with Gasteiger partial charge in [-0.1, -0.05) is 109 Å². The van der Waals surface area contributed by atoms with Crippen LogP contribution in [-0.4, -0.2) is 19.1 Å². The van der Waals surface area contributed by atoms with Gasteiger partial charge in [-0.2, -0.15) is 0 Å². The predicted octanol–water partition coefficient (Wildman–Crippen LogP) is 10.6. The Kier molecular flexibility index (Phi) is 6.87. The maximum atomic E-state index is 6.50. The maximum absolute atomic E-state index is 6.50. The largest absolute Gasteiger partial charge is 0.399 e. The minimum atomic E-state index is 0.720. The third kappa shape index (κ3) is 5.14. The zero-order chi connectivity index (χ0) is 32.7. The van der Waals surface area contributed by atoms with Crippen LogP contribution in [-0.2, 0) is 0 Å². The number of fused-ring (bicyclic) bond motifs is 2. The molecule has 2 aromatic heterocycles. The Labute approximate surface area is 284 Å². The zero-order valence-corrected chi connectivity index (χ0v) is 26.6. The molecule has 5 heteroatoms. The summed E-state index contributed by atoms with van der Waals surface area (Å²) in [5.74, 6) is 1.82. The Hall–Kier alpha value is -6.72. The van der Waals surface area contributed by atoms with E-state index in [0.717, 1.165) is 84.2 Å². The van der Waals surface area contributed by atoms with Crippen LogP contribution in [0.25, 0.3) is 78.5 Å². The number of rotatable bonds is 6. The Bertz CT molecular complexity index is 2400. The van der Waals surface area contributed by atoms with Crippen LogP contribution in [0.4, 0.5) is 5.69 Å². The first kappa shape index (κ1) is 28.5. The van der Waals surface area contributed by atoms with Crippen molar-refractivity contribution in [1.29, 1.82) is 0 Å². The standard InChI is InChI=1S/C44H31N5/c45-36-28-34(30-19-23-32(24-20-30)43-46-39-15-7-9-17-41(39)48(43)37-11-3-1-4-12-37)27-35(29-36)31-21-25-33(26-22-31)44-47-40-16-8-10-18-42(40)49(44)38-13-5-2-6-14-38/h1-29H,45H2. The predicted molar refractivity (Wildman–Crippen MR) is 202 cm³/mol. The van der Waals surface area contributed by atoms with Crippen LogP contribution in [0, 0.1) is 0 Å². The lowest BCUT2D eigenvalue weighted by molar-refractivity contribution is 1.10. The monoisotopic (exact) mass is 629 g/mol. The number of anilines is 1. The molecule has 0 fully saturated rings. The van der Waals surface area contributed by atoms with E-state index in [-0.39, 0.29) is 0 Å². The first-order valence-corrected chi connectivity index (χ1v) is 16.4. The minimum Gasteiger partial charge on any atom is -0.399 e. The van der Waals surface area contributed by atoms with Gasteiger partial charge in [-0.15, -0.1) is 0 Å². The van der Waals surface area contributed by atoms with Gasteiger partial charge in [-0.05, 0) is 89.0 Å². The van der Waals surface area contributed by atoms with Gasteiger partial charge in [0.2, 0.25) is 0 Å². The number of nitrogens with zero attached hydrogens (tertiary/aromatic N) is 4. The Balaban J connectivity index is 1.05. The summed E-state index contributed by atoms with van der Waals surface area (Å²) in [5.41, 5.74) is 19.9. The van der Waals surface area contributed by atoms with Crippen molar-refractivity contribution in [2.75, 3.05) is 5.73 Å². The molecule has 0 atom stereocenters. The molecule has 49 heavy (non-hydrogen) atoms. The normalized spacial score (nSPS) is 11.3. The van der Waals surface area contributed by atoms with Crippen LogP contribution in [0.3, 0.4) is 0 Å². The molecule has 0 amide bonds. The summed E-state index contributed by atoms with van der Waals surface area (Å²) < 4.78 is 4.45. The molecule has 5 nitrogen and oxygen atoms in total. The van der Waals surface area contributed by atoms with Gasteiger partial charge in [0.25, 0.3) is 0 Å². The van der Waals surface area contributed by atoms with Crippen molar-refractivity contribution in [3.05, 3.63) is 176 Å². The average Bonchev–Trinajstić information content (AvgIpc) is 3.75. The summed E-state index contributed by atoms with van der Waals surface area (Å²) in [5, 5.41) is 0. The van der Waals surface area contributed by atoms with Crippen LogP contribution < -0.4 is 5.73 Å². The Morgan fingerprint density at radius 3 is 1.14 bits per heavy atom. The number of benzene rings is 7. The summed E-state index contributed by atoms with van der Waals surface area (Å²) in [6, 6.07) is 60.8. The van der Waals surface area contributed by atoms with Crippen LogP contribution in [0.1, 0.15) is 0 Å². The van der Waals surface area contributed by atoms with Gasteiger partial charge >= 0.3 is 0 Å². The highest BCUT2D eigenvalue weighted by Gasteiger charge is 2.16. The number of imidazole rings is 2. The summed E-state index contributed by atoms with van der Waals surface area (Å²) in [6.45, 7) is 0. The molecule has 232 valence electrons. The Morgan fingerprint density at radius 1 is 0.347 bits per heavy atom. The van der Waals surface area contributed by atoms with Crippen molar-refractivity contribution in [1.82, 2.24) is 19.1 Å². The number of hydrogen-bond donors (Lipinski definition) is 1. The third-order valence-electron chi connectivity index (χ3n) is 9.06. The average molecular weight is 630 g/mol. The van der Waals surface area contributed by atoms with E-state index in [1.807, 2.05) is 36.4 Å². The van der Waals surface area contributed by atoms with Gasteiger partial charge in [-0.3, -0.25) is 9.13 Å². The first-order valence-electron chi connectivity index (χ1n) is 16.4. The fraction of sp³-hybridized carbons (Fsp3) is 0. The molecule has 0 aliphatic rings. The van der Waals surface area contributed by atoms with Gasteiger partial charge in [0.1, 0.15) is 11.6 Å². The van der Waals surface area contributed by atoms with Crippen LogP contribution >= 0.6 is 0 Å². The summed E-state index contributed by atoms with van der Waals surface area (Å²) in [7, 11) is 0. The van der Waals surface area contributed by atoms with Crippen LogP contribution in [0.2, 0.25) is 0 Å². The fourth-order valence-electron chi connectivity index (χ4n) is 6.72. The van der Waals surface area contributed by atoms with E-state index >= 15 is 0 Å². The van der Waals surface area contributed by atoms with E-state index in [0.29, 0.717) is 0 Å². The molecule has 2 N–H and O–H groups in total. The van der Waals surface area contributed by atoms with E-state index in [9.17, 15) is 0 Å². The second-order valence-corrected chi connectivity index (χ2v) is 12.2. The van der Waals surface area contributed by atoms with Crippen molar-refractivity contribution in [3.8, 4) is 56.4 Å². The molecular formula is C44H31N5. The first-order chi connectivity index (χ1) is 24.2. The highest BCUT2D eigenvalue weighted by molar-refractivity contribution is 5.86. The zero-order valence-electron chi connectivity index (χ0n) is 26.6. The lowest BCUT2D eigenvalue weighted by Crippen LogP contribution is -1.97. The molecule has 0 saturated carbocycles. The molecule has 9 aromatic rings. The summed E-state index contributed by atoms with van der Waals surface area (Å²) in [4.78, 5) is 10.1. The van der Waals surface area contributed by atoms with Crippen molar-refractivity contribution in [2.45, 2.75) is 0 Å². The number of para-hydroxylation sites is 6. The Morgan fingerprint density at radius 2 is 0.714 bits per heavy atom. The van der Waals surface area contributed by atoms with Crippen LogP contribution in [0.15, 0.2) is 176 Å². The number of nitrogens with two attached hydrogens (primary N) is 1. The van der Waals surface area contributed by atoms with E-state index in [1.165, 1.54) is 0 Å². The van der Waals surface area contributed by atoms with Gasteiger partial charge in [-0.25, -0.2) is 9.97 Å². The van der Waals surface area contributed by atoms with Crippen molar-refractivity contribution >= 4 is 27.8 Å². The van der Waals surface area contributed by atoms with Gasteiger partial charge < -0.3 is 5.73 Å². The van der Waals surface area contributed by atoms with E-state index in [1.54, 1.807) is 0 Å². The fourth-order valence-corrected chi connectivity index (χ4v) is 6.72. The highest BCUT2D eigenvalue weighted by Crippen LogP contribution is 2.35. The second-order valence-electron chi connectivity index (χ2n) is 12.2. The van der Waals surface area contributed by atoms with Crippen molar-refractivity contribution in [2.24, 2.45) is 0 Å². The van der Waals surface area contributed by atoms with Crippen LogP contribution in [0.5, 0.6) is 0 Å². The maximum Gasteiger partial charge on any atom is 0.145 e. The highest BCUT2D eigenvalue weighted by atomic mass is 15.1. The summed E-state index contributed by atoms with van der Waals surface area (Å²) >= 11 is 0. The van der Waals surface area contributed by atoms with E-state index < -0.39 is 0 Å². The molecular weight excluding hydrogens is 599 g/mol. The minimum absolute atomic E-state index is 0.720. The SMILES string of the molecule is Nc1cc(-c2ccc(-c3nc4ccccc4n3-c3ccccc3)cc2)cc(-c2ccc(-c3nc4ccccc4n3-c3ccccc3)cc2)c1. The second kappa shape index (κ2) is 11.8. The lowest BCUT2D eigenvalue weighted by Gasteiger charge is -2.12. The van der Waals surface area contributed by atoms with Crippen molar-refractivity contribution in [3.63, 3.8) is 0 Å². The van der Waals surface area contributed by atoms with Crippen molar-refractivity contribution < 1.29 is 0 Å². The molecule has 0 aliphatic heterocycles. The molecule has 0 aliphatic carbocycles. The molecule has 0 bridgehead atoms. The molecule has 0 unspecified atom stereocenters. The lowest BCUT2D eigenvalue weighted by atomic mass is 9.97. The molecule has 9 rings (SSSR count). The van der Waals surface area contributed by atoms with Gasteiger partial charge in [0.05, 0.1) is 22.1 Å². The number of hydrogen-bond acceptors (Lipinski definition) is 3. The molecule has 2 heterocycles. The molecule has 7 aromatic carbocycles. The molecule has 0 radical (unpaired) electrons. The smallest absolute Gasteiger partial charge is 0.145 e. The quantitative estimate of drug-likeness (QED) is 0.186. The van der Waals surface area contributed by atoms with E-state index in [4.69, 9.17) is 15.7 Å². The number of nitrogen functional groups attached to an aromatic ring is 1. The van der Waals surface area contributed by atoms with Gasteiger partial charge in [0, 0.05) is 28.2 Å². The molecule has 0 spiro atoms. The topological polar surface area (TPSA) is 61.7 Å². The third-order valence-corrected chi connectivity index (χ3v) is 9.06.